The molecule has 0 aliphatic heterocycles. The van der Waals surface area contributed by atoms with E-state index in [1.807, 2.05) is 0 Å². The monoisotopic (exact) mass is 1160 g/mol. The number of ether oxygens (including phenoxy) is 3. The molecule has 1 unspecified atom stereocenters. The summed E-state index contributed by atoms with van der Waals surface area (Å²) < 4.78 is 17.0. The van der Waals surface area contributed by atoms with E-state index in [-0.39, 0.29) is 31.1 Å². The largest absolute Gasteiger partial charge is 0.462 e. The number of esters is 3. The molecule has 0 saturated carbocycles. The molecular formula is C77H142O6. The minimum absolute atomic E-state index is 0.0792. The second-order valence-electron chi connectivity index (χ2n) is 25.2. The Morgan fingerprint density at radius 3 is 0.747 bits per heavy atom. The van der Waals surface area contributed by atoms with E-state index in [2.05, 4.69) is 69.4 Å². The predicted octanol–water partition coefficient (Wildman–Crippen LogP) is 25.7. The third kappa shape index (κ3) is 70.0. The number of carbonyl (C=O) groups excluding carboxylic acids is 3. The highest BCUT2D eigenvalue weighted by atomic mass is 16.6. The molecule has 0 aromatic heterocycles. The van der Waals surface area contributed by atoms with E-state index in [0.717, 1.165) is 103 Å². The van der Waals surface area contributed by atoms with Crippen molar-refractivity contribution in [3.63, 3.8) is 0 Å². The van der Waals surface area contributed by atoms with Crippen molar-refractivity contribution in [2.45, 2.75) is 412 Å². The standard InChI is InChI=1S/C77H142O6/c1-4-7-10-13-16-19-22-25-28-29-30-31-32-33-34-35-36-37-38-39-40-41-42-43-44-45-46-47-50-52-55-58-61-64-67-70-76(79)82-73-74(83-77(80)71-68-65-62-59-56-53-49-27-24-21-18-15-12-9-6-3)72-81-75(78)69-66-63-60-57-54-51-48-26-23-20-17-14-11-8-5-2/h9,12,18,21,26-27,48-49,74H,4-8,10-11,13-17,19-20,22-25,28-47,50-73H2,1-3H3/b12-9-,21-18-,48-26-,49-27-. The summed E-state index contributed by atoms with van der Waals surface area (Å²) in [6, 6.07) is 0. The van der Waals surface area contributed by atoms with Gasteiger partial charge < -0.3 is 14.2 Å². The van der Waals surface area contributed by atoms with Crippen molar-refractivity contribution in [3.05, 3.63) is 48.6 Å². The lowest BCUT2D eigenvalue weighted by Gasteiger charge is -2.18. The first-order valence-electron chi connectivity index (χ1n) is 37.1. The molecule has 0 N–H and O–H groups in total. The highest BCUT2D eigenvalue weighted by Crippen LogP contribution is 2.19. The maximum Gasteiger partial charge on any atom is 0.306 e. The Bertz CT molecular complexity index is 1430. The Labute approximate surface area is 518 Å². The molecule has 0 heterocycles. The minimum atomic E-state index is -0.785. The van der Waals surface area contributed by atoms with Crippen LogP contribution in [0.3, 0.4) is 0 Å². The summed E-state index contributed by atoms with van der Waals surface area (Å²) in [4.78, 5) is 38.4. The summed E-state index contributed by atoms with van der Waals surface area (Å²) in [5, 5.41) is 0. The second kappa shape index (κ2) is 71.8. The average Bonchev–Trinajstić information content (AvgIpc) is 3.50. The maximum absolute atomic E-state index is 12.9. The van der Waals surface area contributed by atoms with Crippen molar-refractivity contribution in [3.8, 4) is 0 Å². The summed E-state index contributed by atoms with van der Waals surface area (Å²) >= 11 is 0. The molecule has 0 aliphatic carbocycles. The van der Waals surface area contributed by atoms with Gasteiger partial charge in [-0.2, -0.15) is 0 Å². The van der Waals surface area contributed by atoms with Crippen LogP contribution in [0.15, 0.2) is 48.6 Å². The third-order valence-electron chi connectivity index (χ3n) is 16.8. The fraction of sp³-hybridized carbons (Fsp3) is 0.857. The van der Waals surface area contributed by atoms with E-state index < -0.39 is 6.10 Å². The molecule has 0 aliphatic rings. The van der Waals surface area contributed by atoms with E-state index in [0.29, 0.717) is 19.3 Å². The van der Waals surface area contributed by atoms with Gasteiger partial charge >= 0.3 is 17.9 Å². The molecule has 0 rings (SSSR count). The zero-order chi connectivity index (χ0) is 59.9. The molecule has 486 valence electrons. The molecule has 1 atom stereocenters. The van der Waals surface area contributed by atoms with Gasteiger partial charge in [-0.15, -0.1) is 0 Å². The molecule has 83 heavy (non-hydrogen) atoms. The second-order valence-corrected chi connectivity index (χ2v) is 25.2. The third-order valence-corrected chi connectivity index (χ3v) is 16.8. The van der Waals surface area contributed by atoms with Crippen LogP contribution in [0.2, 0.25) is 0 Å². The lowest BCUT2D eigenvalue weighted by molar-refractivity contribution is -0.167. The first kappa shape index (κ1) is 80.4. The Morgan fingerprint density at radius 1 is 0.253 bits per heavy atom. The molecular weight excluding hydrogens is 1020 g/mol. The number of allylic oxidation sites excluding steroid dienone is 8. The Balaban J connectivity index is 4.08. The minimum Gasteiger partial charge on any atom is -0.462 e. The van der Waals surface area contributed by atoms with Gasteiger partial charge in [0.1, 0.15) is 13.2 Å². The zero-order valence-corrected chi connectivity index (χ0v) is 56.0. The number of hydrogen-bond donors (Lipinski definition) is 0. The van der Waals surface area contributed by atoms with Crippen LogP contribution in [0, 0.1) is 0 Å². The van der Waals surface area contributed by atoms with Crippen LogP contribution in [0.5, 0.6) is 0 Å². The van der Waals surface area contributed by atoms with Gasteiger partial charge in [0, 0.05) is 19.3 Å². The summed E-state index contributed by atoms with van der Waals surface area (Å²) in [5.74, 6) is -0.882. The first-order valence-corrected chi connectivity index (χ1v) is 37.1. The van der Waals surface area contributed by atoms with Gasteiger partial charge in [0.2, 0.25) is 0 Å². The van der Waals surface area contributed by atoms with Gasteiger partial charge in [-0.25, -0.2) is 0 Å². The number of hydrogen-bond acceptors (Lipinski definition) is 6. The average molecular weight is 1160 g/mol. The Hall–Kier alpha value is -2.63. The van der Waals surface area contributed by atoms with Crippen molar-refractivity contribution < 1.29 is 28.6 Å². The SMILES string of the molecule is CC/C=C\C/C=C\C/C=C\CCCCCCCC(=O)OC(COC(=O)CCCCCCC/C=C\CCCCCCCC)COC(=O)CCCCCCCCCCCCCCCCCCCCCCCCCCCCCCCCCCCCC. The molecule has 0 bridgehead atoms. The summed E-state index contributed by atoms with van der Waals surface area (Å²) in [6.07, 6.45) is 91.8. The van der Waals surface area contributed by atoms with E-state index >= 15 is 0 Å². The number of carbonyl (C=O) groups is 3. The van der Waals surface area contributed by atoms with Crippen LogP contribution in [-0.4, -0.2) is 37.2 Å². The summed E-state index contributed by atoms with van der Waals surface area (Å²) in [7, 11) is 0. The quantitative estimate of drug-likeness (QED) is 0.0261. The first-order chi connectivity index (χ1) is 41.0. The molecule has 0 amide bonds. The lowest BCUT2D eigenvalue weighted by Crippen LogP contribution is -2.30. The van der Waals surface area contributed by atoms with Crippen molar-refractivity contribution in [1.82, 2.24) is 0 Å². The fourth-order valence-corrected chi connectivity index (χ4v) is 11.3. The number of rotatable bonds is 69. The Kier molecular flexibility index (Phi) is 69.6. The van der Waals surface area contributed by atoms with Crippen molar-refractivity contribution in [2.24, 2.45) is 0 Å². The molecule has 0 radical (unpaired) electrons. The Morgan fingerprint density at radius 2 is 0.470 bits per heavy atom. The van der Waals surface area contributed by atoms with E-state index in [1.165, 1.54) is 263 Å². The highest BCUT2D eigenvalue weighted by Gasteiger charge is 2.19. The van der Waals surface area contributed by atoms with Crippen LogP contribution in [0.4, 0.5) is 0 Å². The van der Waals surface area contributed by atoms with Crippen LogP contribution in [0.1, 0.15) is 406 Å². The van der Waals surface area contributed by atoms with E-state index in [1.54, 1.807) is 0 Å². The zero-order valence-electron chi connectivity index (χ0n) is 56.0. The lowest BCUT2D eigenvalue weighted by atomic mass is 10.0. The molecule has 0 fully saturated rings. The molecule has 0 aromatic carbocycles. The van der Waals surface area contributed by atoms with E-state index in [9.17, 15) is 14.4 Å². The van der Waals surface area contributed by atoms with Gasteiger partial charge in [0.25, 0.3) is 0 Å². The summed E-state index contributed by atoms with van der Waals surface area (Å²) in [5.41, 5.74) is 0. The fourth-order valence-electron chi connectivity index (χ4n) is 11.3. The maximum atomic E-state index is 12.9. The van der Waals surface area contributed by atoms with Crippen LogP contribution >= 0.6 is 0 Å². The van der Waals surface area contributed by atoms with Crippen LogP contribution in [-0.2, 0) is 28.6 Å². The molecule has 0 aromatic rings. The van der Waals surface area contributed by atoms with Crippen molar-refractivity contribution in [2.75, 3.05) is 13.2 Å². The van der Waals surface area contributed by atoms with E-state index in [4.69, 9.17) is 14.2 Å². The van der Waals surface area contributed by atoms with Gasteiger partial charge in [-0.1, -0.05) is 358 Å². The van der Waals surface area contributed by atoms with Gasteiger partial charge in [0.05, 0.1) is 0 Å². The van der Waals surface area contributed by atoms with Crippen LogP contribution in [0.25, 0.3) is 0 Å². The smallest absolute Gasteiger partial charge is 0.306 e. The topological polar surface area (TPSA) is 78.9 Å². The molecule has 0 saturated heterocycles. The van der Waals surface area contributed by atoms with Crippen LogP contribution < -0.4 is 0 Å². The van der Waals surface area contributed by atoms with Gasteiger partial charge in [-0.3, -0.25) is 14.4 Å². The summed E-state index contributed by atoms with van der Waals surface area (Å²) in [6.45, 7) is 6.57. The molecule has 0 spiro atoms. The van der Waals surface area contributed by atoms with Crippen molar-refractivity contribution >= 4 is 17.9 Å². The molecule has 6 nitrogen and oxygen atoms in total. The van der Waals surface area contributed by atoms with Gasteiger partial charge in [-0.05, 0) is 77.0 Å². The normalized spacial score (nSPS) is 12.3. The highest BCUT2D eigenvalue weighted by molar-refractivity contribution is 5.71. The van der Waals surface area contributed by atoms with Crippen molar-refractivity contribution in [1.29, 1.82) is 0 Å². The molecule has 6 heteroatoms. The predicted molar refractivity (Wildman–Crippen MR) is 362 cm³/mol. The van der Waals surface area contributed by atoms with Gasteiger partial charge in [0.15, 0.2) is 6.10 Å². The number of unbranched alkanes of at least 4 members (excludes halogenated alkanes) is 50.